The van der Waals surface area contributed by atoms with E-state index in [0.29, 0.717) is 0 Å². The van der Waals surface area contributed by atoms with E-state index in [1.54, 1.807) is 0 Å². The molecule has 0 amide bonds. The molecule has 2 nitrogen and oxygen atoms in total. The summed E-state index contributed by atoms with van der Waals surface area (Å²) in [5, 5.41) is 3.36. The predicted octanol–water partition coefficient (Wildman–Crippen LogP) is 2.03. The molecule has 0 spiro atoms. The lowest BCUT2D eigenvalue weighted by atomic mass is 10.1. The highest BCUT2D eigenvalue weighted by atomic mass is 15.2. The first-order valence-corrected chi connectivity index (χ1v) is 5.90. The SMILES string of the molecule is C=CCNCCN1CCCCCC1C. The number of hydrogen-bond acceptors (Lipinski definition) is 2. The smallest absolute Gasteiger partial charge is 0.0132 e. The summed E-state index contributed by atoms with van der Waals surface area (Å²) in [5.74, 6) is 0. The first-order chi connectivity index (χ1) is 6.84. The van der Waals surface area contributed by atoms with Crippen LogP contribution in [0.15, 0.2) is 12.7 Å². The van der Waals surface area contributed by atoms with Crippen LogP contribution in [-0.4, -0.2) is 37.1 Å². The summed E-state index contributed by atoms with van der Waals surface area (Å²) in [4.78, 5) is 2.61. The Balaban J connectivity index is 2.16. The van der Waals surface area contributed by atoms with Crippen LogP contribution < -0.4 is 5.32 Å². The van der Waals surface area contributed by atoms with Crippen LogP contribution in [0.3, 0.4) is 0 Å². The van der Waals surface area contributed by atoms with Gasteiger partial charge in [-0.05, 0) is 26.3 Å². The number of rotatable bonds is 5. The van der Waals surface area contributed by atoms with Gasteiger partial charge in [0.15, 0.2) is 0 Å². The molecule has 1 rings (SSSR count). The van der Waals surface area contributed by atoms with E-state index in [-0.39, 0.29) is 0 Å². The maximum Gasteiger partial charge on any atom is 0.0132 e. The van der Waals surface area contributed by atoms with E-state index in [2.05, 4.69) is 23.7 Å². The van der Waals surface area contributed by atoms with Gasteiger partial charge in [0, 0.05) is 25.7 Å². The molecule has 1 aliphatic heterocycles. The Morgan fingerprint density at radius 3 is 3.07 bits per heavy atom. The van der Waals surface area contributed by atoms with Crippen LogP contribution in [0.2, 0.25) is 0 Å². The molecule has 1 heterocycles. The second-order valence-corrected chi connectivity index (χ2v) is 4.23. The van der Waals surface area contributed by atoms with Gasteiger partial charge in [-0.1, -0.05) is 18.9 Å². The summed E-state index contributed by atoms with van der Waals surface area (Å²) in [6, 6.07) is 0.781. The van der Waals surface area contributed by atoms with E-state index in [4.69, 9.17) is 0 Å². The highest BCUT2D eigenvalue weighted by molar-refractivity contribution is 4.74. The lowest BCUT2D eigenvalue weighted by Gasteiger charge is -2.26. The molecule has 0 aromatic heterocycles. The van der Waals surface area contributed by atoms with Crippen molar-refractivity contribution in [2.75, 3.05) is 26.2 Å². The van der Waals surface area contributed by atoms with Gasteiger partial charge in [-0.15, -0.1) is 6.58 Å². The molecule has 82 valence electrons. The molecule has 1 saturated heterocycles. The quantitative estimate of drug-likeness (QED) is 0.534. The van der Waals surface area contributed by atoms with E-state index < -0.39 is 0 Å². The molecule has 1 aliphatic rings. The molecular weight excluding hydrogens is 172 g/mol. The molecule has 14 heavy (non-hydrogen) atoms. The predicted molar refractivity (Wildman–Crippen MR) is 62.6 cm³/mol. The van der Waals surface area contributed by atoms with Gasteiger partial charge in [-0.2, -0.15) is 0 Å². The fraction of sp³-hybridized carbons (Fsp3) is 0.833. The summed E-state index contributed by atoms with van der Waals surface area (Å²) in [5.41, 5.74) is 0. The molecule has 0 radical (unpaired) electrons. The van der Waals surface area contributed by atoms with Crippen molar-refractivity contribution in [3.8, 4) is 0 Å². The molecule has 0 bridgehead atoms. The van der Waals surface area contributed by atoms with Crippen molar-refractivity contribution in [3.63, 3.8) is 0 Å². The summed E-state index contributed by atoms with van der Waals surface area (Å²) >= 11 is 0. The van der Waals surface area contributed by atoms with Crippen molar-refractivity contribution >= 4 is 0 Å². The van der Waals surface area contributed by atoms with Gasteiger partial charge in [0.1, 0.15) is 0 Å². The second kappa shape index (κ2) is 7.02. The third kappa shape index (κ3) is 4.25. The average molecular weight is 196 g/mol. The molecule has 1 fully saturated rings. The van der Waals surface area contributed by atoms with Crippen LogP contribution in [-0.2, 0) is 0 Å². The number of likely N-dealkylation sites (tertiary alicyclic amines) is 1. The highest BCUT2D eigenvalue weighted by Gasteiger charge is 2.15. The van der Waals surface area contributed by atoms with Crippen molar-refractivity contribution in [2.24, 2.45) is 0 Å². The molecule has 0 saturated carbocycles. The minimum absolute atomic E-state index is 0.781. The van der Waals surface area contributed by atoms with E-state index in [9.17, 15) is 0 Å². The average Bonchev–Trinajstić information content (AvgIpc) is 2.39. The van der Waals surface area contributed by atoms with Gasteiger partial charge < -0.3 is 5.32 Å². The zero-order chi connectivity index (χ0) is 10.2. The summed E-state index contributed by atoms with van der Waals surface area (Å²) in [6.45, 7) is 10.6. The van der Waals surface area contributed by atoms with E-state index in [1.165, 1.54) is 38.8 Å². The van der Waals surface area contributed by atoms with Crippen molar-refractivity contribution < 1.29 is 0 Å². The highest BCUT2D eigenvalue weighted by Crippen LogP contribution is 2.15. The zero-order valence-corrected chi connectivity index (χ0v) is 9.47. The monoisotopic (exact) mass is 196 g/mol. The van der Waals surface area contributed by atoms with Crippen LogP contribution in [0.25, 0.3) is 0 Å². The first kappa shape index (κ1) is 11.7. The Labute approximate surface area is 88.4 Å². The Hall–Kier alpha value is -0.340. The van der Waals surface area contributed by atoms with Gasteiger partial charge in [0.25, 0.3) is 0 Å². The Kier molecular flexibility index (Phi) is 5.88. The van der Waals surface area contributed by atoms with Crippen LogP contribution in [0, 0.1) is 0 Å². The summed E-state index contributed by atoms with van der Waals surface area (Å²) in [7, 11) is 0. The van der Waals surface area contributed by atoms with Gasteiger partial charge in [0.05, 0.1) is 0 Å². The number of nitrogens with one attached hydrogen (secondary N) is 1. The molecule has 1 N–H and O–H groups in total. The zero-order valence-electron chi connectivity index (χ0n) is 9.47. The first-order valence-electron chi connectivity index (χ1n) is 5.90. The van der Waals surface area contributed by atoms with Gasteiger partial charge in [-0.25, -0.2) is 0 Å². The molecule has 0 aliphatic carbocycles. The number of hydrogen-bond donors (Lipinski definition) is 1. The summed E-state index contributed by atoms with van der Waals surface area (Å²) in [6.07, 6.45) is 7.51. The van der Waals surface area contributed by atoms with Crippen LogP contribution in [0.1, 0.15) is 32.6 Å². The third-order valence-electron chi connectivity index (χ3n) is 3.06. The van der Waals surface area contributed by atoms with Gasteiger partial charge in [0.2, 0.25) is 0 Å². The Morgan fingerprint density at radius 1 is 1.43 bits per heavy atom. The van der Waals surface area contributed by atoms with E-state index in [1.807, 2.05) is 6.08 Å². The Morgan fingerprint density at radius 2 is 2.29 bits per heavy atom. The van der Waals surface area contributed by atoms with Crippen molar-refractivity contribution in [3.05, 3.63) is 12.7 Å². The van der Waals surface area contributed by atoms with Crippen molar-refractivity contribution in [2.45, 2.75) is 38.6 Å². The summed E-state index contributed by atoms with van der Waals surface area (Å²) < 4.78 is 0. The molecule has 1 atom stereocenters. The molecule has 2 heteroatoms. The van der Waals surface area contributed by atoms with Gasteiger partial charge >= 0.3 is 0 Å². The van der Waals surface area contributed by atoms with Crippen LogP contribution in [0.4, 0.5) is 0 Å². The molecular formula is C12H24N2. The lowest BCUT2D eigenvalue weighted by Crippen LogP contribution is -2.38. The van der Waals surface area contributed by atoms with Crippen LogP contribution in [0.5, 0.6) is 0 Å². The fourth-order valence-electron chi connectivity index (χ4n) is 2.09. The standard InChI is InChI=1S/C12H24N2/c1-3-8-13-9-11-14-10-6-4-5-7-12(14)2/h3,12-13H,1,4-11H2,2H3. The van der Waals surface area contributed by atoms with Crippen LogP contribution >= 0.6 is 0 Å². The maximum absolute atomic E-state index is 3.70. The number of nitrogens with zero attached hydrogens (tertiary/aromatic N) is 1. The topological polar surface area (TPSA) is 15.3 Å². The normalized spacial score (nSPS) is 24.5. The van der Waals surface area contributed by atoms with Gasteiger partial charge in [-0.3, -0.25) is 4.90 Å². The minimum atomic E-state index is 0.781. The molecule has 0 aromatic carbocycles. The van der Waals surface area contributed by atoms with E-state index >= 15 is 0 Å². The maximum atomic E-state index is 3.70. The Bertz CT molecular complexity index is 156. The third-order valence-corrected chi connectivity index (χ3v) is 3.06. The fourth-order valence-corrected chi connectivity index (χ4v) is 2.09. The minimum Gasteiger partial charge on any atom is -0.312 e. The van der Waals surface area contributed by atoms with Crippen molar-refractivity contribution in [1.82, 2.24) is 10.2 Å². The largest absolute Gasteiger partial charge is 0.312 e. The lowest BCUT2D eigenvalue weighted by molar-refractivity contribution is 0.215. The molecule has 0 aromatic rings. The van der Waals surface area contributed by atoms with E-state index in [0.717, 1.165) is 19.1 Å². The molecule has 1 unspecified atom stereocenters. The second-order valence-electron chi connectivity index (χ2n) is 4.23. The van der Waals surface area contributed by atoms with Crippen molar-refractivity contribution in [1.29, 1.82) is 0 Å².